The maximum Gasteiger partial charge on any atom is 0.233 e. The minimum Gasteiger partial charge on any atom is -0.339 e. The minimum absolute atomic E-state index is 0.0919. The van der Waals surface area contributed by atoms with E-state index >= 15 is 0 Å². The van der Waals surface area contributed by atoms with E-state index in [9.17, 15) is 9.59 Å². The summed E-state index contributed by atoms with van der Waals surface area (Å²) in [4.78, 5) is 28.9. The Kier molecular flexibility index (Phi) is 7.36. The van der Waals surface area contributed by atoms with Crippen LogP contribution in [0.1, 0.15) is 12.5 Å². The monoisotopic (exact) mass is 417 g/mol. The highest BCUT2D eigenvalue weighted by atomic mass is 35.5. The first-order valence-corrected chi connectivity index (χ1v) is 10.6. The minimum atomic E-state index is -0.0919. The van der Waals surface area contributed by atoms with E-state index in [1.165, 1.54) is 24.2 Å². The molecule has 7 heteroatoms. The van der Waals surface area contributed by atoms with Crippen LogP contribution >= 0.6 is 23.4 Å². The summed E-state index contributed by atoms with van der Waals surface area (Å²) >= 11 is 7.46. The van der Waals surface area contributed by atoms with Crippen LogP contribution in [0.2, 0.25) is 5.02 Å². The van der Waals surface area contributed by atoms with Crippen molar-refractivity contribution in [1.29, 1.82) is 0 Å². The van der Waals surface area contributed by atoms with Crippen molar-refractivity contribution in [1.82, 2.24) is 9.80 Å². The number of hydrogen-bond acceptors (Lipinski definition) is 4. The third-order valence-corrected chi connectivity index (χ3v) is 5.83. The van der Waals surface area contributed by atoms with Crippen molar-refractivity contribution < 1.29 is 9.59 Å². The quantitative estimate of drug-likeness (QED) is 0.727. The van der Waals surface area contributed by atoms with Gasteiger partial charge in [-0.15, -0.1) is 11.8 Å². The first kappa shape index (κ1) is 20.7. The number of piperazine rings is 1. The fourth-order valence-corrected chi connectivity index (χ4v) is 4.00. The summed E-state index contributed by atoms with van der Waals surface area (Å²) in [5.41, 5.74) is 2.00. The fraction of sp³-hybridized carbons (Fsp3) is 0.333. The average molecular weight is 418 g/mol. The Morgan fingerprint density at radius 2 is 1.64 bits per heavy atom. The predicted octanol–water partition coefficient (Wildman–Crippen LogP) is 3.73. The molecule has 2 aromatic rings. The van der Waals surface area contributed by atoms with Gasteiger partial charge in [0.15, 0.2) is 0 Å². The first-order chi connectivity index (χ1) is 13.5. The van der Waals surface area contributed by atoms with Gasteiger partial charge < -0.3 is 10.2 Å². The predicted molar refractivity (Wildman–Crippen MR) is 115 cm³/mol. The van der Waals surface area contributed by atoms with Gasteiger partial charge in [0, 0.05) is 55.3 Å². The summed E-state index contributed by atoms with van der Waals surface area (Å²) in [7, 11) is 0. The molecule has 1 aliphatic rings. The number of halogens is 1. The number of carbonyl (C=O) groups excluding carboxylic acids is 2. The molecule has 0 bridgehead atoms. The summed E-state index contributed by atoms with van der Waals surface area (Å²) in [5.74, 6) is 0.504. The lowest BCUT2D eigenvalue weighted by molar-refractivity contribution is -0.130. The van der Waals surface area contributed by atoms with Crippen LogP contribution in [0.25, 0.3) is 0 Å². The van der Waals surface area contributed by atoms with Crippen LogP contribution in [0.4, 0.5) is 5.69 Å². The molecule has 0 aromatic heterocycles. The van der Waals surface area contributed by atoms with Crippen molar-refractivity contribution in [2.45, 2.75) is 18.4 Å². The Morgan fingerprint density at radius 3 is 2.25 bits per heavy atom. The molecule has 1 saturated heterocycles. The topological polar surface area (TPSA) is 52.7 Å². The summed E-state index contributed by atoms with van der Waals surface area (Å²) in [6, 6.07) is 15.5. The lowest BCUT2D eigenvalue weighted by atomic mass is 10.2. The van der Waals surface area contributed by atoms with Gasteiger partial charge in [0.05, 0.1) is 5.75 Å². The van der Waals surface area contributed by atoms with Gasteiger partial charge in [0.25, 0.3) is 0 Å². The second-order valence-electron chi connectivity index (χ2n) is 6.78. The van der Waals surface area contributed by atoms with E-state index in [4.69, 9.17) is 11.6 Å². The second kappa shape index (κ2) is 9.96. The van der Waals surface area contributed by atoms with E-state index in [0.29, 0.717) is 5.75 Å². The molecule has 1 N–H and O–H groups in total. The molecule has 0 radical (unpaired) electrons. The van der Waals surface area contributed by atoms with Gasteiger partial charge in [-0.25, -0.2) is 0 Å². The van der Waals surface area contributed by atoms with Crippen molar-refractivity contribution in [3.8, 4) is 0 Å². The van der Waals surface area contributed by atoms with Crippen molar-refractivity contribution in [3.05, 3.63) is 59.1 Å². The molecular formula is C21H24ClN3O2S. The van der Waals surface area contributed by atoms with E-state index in [0.717, 1.165) is 48.3 Å². The van der Waals surface area contributed by atoms with E-state index < -0.39 is 0 Å². The summed E-state index contributed by atoms with van der Waals surface area (Å²) < 4.78 is 0. The van der Waals surface area contributed by atoms with Crippen LogP contribution in [-0.2, 0) is 16.1 Å². The number of nitrogens with zero attached hydrogens (tertiary/aromatic N) is 2. The van der Waals surface area contributed by atoms with Crippen LogP contribution in [-0.4, -0.2) is 53.5 Å². The Morgan fingerprint density at radius 1 is 1.00 bits per heavy atom. The van der Waals surface area contributed by atoms with Crippen LogP contribution in [0.5, 0.6) is 0 Å². The highest BCUT2D eigenvalue weighted by Crippen LogP contribution is 2.21. The second-order valence-corrected chi connectivity index (χ2v) is 8.26. The number of hydrogen-bond donors (Lipinski definition) is 1. The number of amides is 2. The fourth-order valence-electron chi connectivity index (χ4n) is 3.08. The SMILES string of the molecule is CC(=O)Nc1ccc(SCC(=O)N2CCN(Cc3ccc(Cl)cc3)CC2)cc1. The number of nitrogens with one attached hydrogen (secondary N) is 1. The van der Waals surface area contributed by atoms with Crippen LogP contribution in [0.15, 0.2) is 53.4 Å². The van der Waals surface area contributed by atoms with Crippen LogP contribution < -0.4 is 5.32 Å². The molecule has 2 aromatic carbocycles. The molecule has 0 atom stereocenters. The maximum absolute atomic E-state index is 12.5. The van der Waals surface area contributed by atoms with Gasteiger partial charge in [0.1, 0.15) is 0 Å². The molecule has 0 spiro atoms. The largest absolute Gasteiger partial charge is 0.339 e. The van der Waals surface area contributed by atoms with Crippen LogP contribution in [0, 0.1) is 0 Å². The van der Waals surface area contributed by atoms with E-state index in [1.54, 1.807) is 0 Å². The highest BCUT2D eigenvalue weighted by Gasteiger charge is 2.21. The molecule has 0 unspecified atom stereocenters. The lowest BCUT2D eigenvalue weighted by Gasteiger charge is -2.34. The molecule has 0 aliphatic carbocycles. The first-order valence-electron chi connectivity index (χ1n) is 9.24. The van der Waals surface area contributed by atoms with Gasteiger partial charge in [-0.1, -0.05) is 23.7 Å². The maximum atomic E-state index is 12.5. The van der Waals surface area contributed by atoms with Crippen molar-refractivity contribution in [3.63, 3.8) is 0 Å². The van der Waals surface area contributed by atoms with Crippen molar-refractivity contribution >= 4 is 40.9 Å². The molecule has 0 saturated carbocycles. The molecule has 1 aliphatic heterocycles. The third kappa shape index (κ3) is 6.26. The zero-order valence-corrected chi connectivity index (χ0v) is 17.4. The van der Waals surface area contributed by atoms with Gasteiger partial charge in [-0.2, -0.15) is 0 Å². The number of rotatable bonds is 6. The Hall–Kier alpha value is -2.02. The zero-order valence-electron chi connectivity index (χ0n) is 15.9. The van der Waals surface area contributed by atoms with E-state index in [1.807, 2.05) is 53.4 Å². The molecular weight excluding hydrogens is 394 g/mol. The Labute approximate surface area is 175 Å². The Balaban J connectivity index is 1.41. The standard InChI is InChI=1S/C21H24ClN3O2S/c1-16(26)23-19-6-8-20(9-7-19)28-15-21(27)25-12-10-24(11-13-25)14-17-2-4-18(22)5-3-17/h2-9H,10-15H2,1H3,(H,23,26). The molecule has 5 nitrogen and oxygen atoms in total. The van der Waals surface area contributed by atoms with Crippen molar-refractivity contribution in [2.75, 3.05) is 37.2 Å². The average Bonchev–Trinajstić information content (AvgIpc) is 2.69. The normalized spacial score (nSPS) is 14.7. The van der Waals surface area contributed by atoms with E-state index in [2.05, 4.69) is 10.2 Å². The third-order valence-electron chi connectivity index (χ3n) is 4.58. The van der Waals surface area contributed by atoms with Gasteiger partial charge >= 0.3 is 0 Å². The number of thioether (sulfide) groups is 1. The van der Waals surface area contributed by atoms with Gasteiger partial charge in [-0.05, 0) is 42.0 Å². The van der Waals surface area contributed by atoms with E-state index in [-0.39, 0.29) is 11.8 Å². The number of benzene rings is 2. The molecule has 2 amide bonds. The summed E-state index contributed by atoms with van der Waals surface area (Å²) in [5, 5.41) is 3.49. The number of anilines is 1. The number of carbonyl (C=O) groups is 2. The molecule has 1 heterocycles. The molecule has 148 valence electrons. The molecule has 28 heavy (non-hydrogen) atoms. The highest BCUT2D eigenvalue weighted by molar-refractivity contribution is 8.00. The Bertz CT molecular complexity index is 803. The molecule has 1 fully saturated rings. The van der Waals surface area contributed by atoms with Gasteiger partial charge in [0.2, 0.25) is 11.8 Å². The van der Waals surface area contributed by atoms with Crippen molar-refractivity contribution in [2.24, 2.45) is 0 Å². The summed E-state index contributed by atoms with van der Waals surface area (Å²) in [6.07, 6.45) is 0. The zero-order chi connectivity index (χ0) is 19.9. The lowest BCUT2D eigenvalue weighted by Crippen LogP contribution is -2.48. The molecule has 3 rings (SSSR count). The smallest absolute Gasteiger partial charge is 0.233 e. The van der Waals surface area contributed by atoms with Gasteiger partial charge in [-0.3, -0.25) is 14.5 Å². The summed E-state index contributed by atoms with van der Waals surface area (Å²) in [6.45, 7) is 5.64. The van der Waals surface area contributed by atoms with Crippen LogP contribution in [0.3, 0.4) is 0 Å².